The van der Waals surface area contributed by atoms with Crippen molar-refractivity contribution in [3.05, 3.63) is 56.6 Å². The highest BCUT2D eigenvalue weighted by Crippen LogP contribution is 2.44. The number of nitro groups is 1. The van der Waals surface area contributed by atoms with Crippen LogP contribution in [0, 0.1) is 10.1 Å². The van der Waals surface area contributed by atoms with Gasteiger partial charge in [-0.15, -0.1) is 0 Å². The van der Waals surface area contributed by atoms with E-state index in [4.69, 9.17) is 0 Å². The number of H-pyrrole nitrogens is 1. The van der Waals surface area contributed by atoms with Crippen LogP contribution in [-0.2, 0) is 18.4 Å². The zero-order valence-electron chi connectivity index (χ0n) is 17.4. The maximum Gasteiger partial charge on any atom is 0.272 e. The lowest BCUT2D eigenvalue weighted by atomic mass is 9.99. The summed E-state index contributed by atoms with van der Waals surface area (Å²) in [6, 6.07) is 5.16. The molecule has 4 heterocycles. The molecule has 2 aliphatic heterocycles. The van der Waals surface area contributed by atoms with Crippen molar-refractivity contribution < 1.29 is 9.72 Å². The predicted octanol–water partition coefficient (Wildman–Crippen LogP) is 2.77. The van der Waals surface area contributed by atoms with Crippen LogP contribution in [0.25, 0.3) is 22.0 Å². The second-order valence-corrected chi connectivity index (χ2v) is 8.34. The number of benzene rings is 1. The summed E-state index contributed by atoms with van der Waals surface area (Å²) in [6.07, 6.45) is 5.28. The minimum Gasteiger partial charge on any atom is -0.363 e. The van der Waals surface area contributed by atoms with Crippen molar-refractivity contribution in [2.45, 2.75) is 32.4 Å². The van der Waals surface area contributed by atoms with Gasteiger partial charge < -0.3 is 19.4 Å². The number of aryl methyl sites for hydroxylation is 1. The topological polar surface area (TPSA) is 104 Å². The Kier molecular flexibility index (Phi) is 4.35. The highest BCUT2D eigenvalue weighted by atomic mass is 16.6. The molecule has 1 amide bonds. The summed E-state index contributed by atoms with van der Waals surface area (Å²) >= 11 is 0. The second kappa shape index (κ2) is 6.97. The van der Waals surface area contributed by atoms with Gasteiger partial charge in [0, 0.05) is 86.4 Å². The molecular formula is C22H23N5O4. The second-order valence-electron chi connectivity index (χ2n) is 8.34. The van der Waals surface area contributed by atoms with Gasteiger partial charge in [-0.1, -0.05) is 0 Å². The third-order valence-corrected chi connectivity index (χ3v) is 6.58. The minimum atomic E-state index is -0.389. The van der Waals surface area contributed by atoms with Gasteiger partial charge in [0.2, 0.25) is 5.91 Å². The zero-order valence-corrected chi connectivity index (χ0v) is 17.4. The first-order chi connectivity index (χ1) is 14.8. The molecule has 0 spiro atoms. The van der Waals surface area contributed by atoms with Crippen LogP contribution in [-0.4, -0.2) is 44.4 Å². The number of pyridine rings is 1. The third-order valence-electron chi connectivity index (χ3n) is 6.58. The average Bonchev–Trinajstić information content (AvgIpc) is 3.04. The minimum absolute atomic E-state index is 0.0235. The molecule has 2 aliphatic rings. The van der Waals surface area contributed by atoms with Crippen LogP contribution in [0.5, 0.6) is 0 Å². The molecule has 1 aromatic carbocycles. The first kappa shape index (κ1) is 19.3. The number of non-ortho nitro benzene ring substituents is 1. The Bertz CT molecular complexity index is 1280. The Morgan fingerprint density at radius 1 is 1.23 bits per heavy atom. The van der Waals surface area contributed by atoms with E-state index in [1.54, 1.807) is 23.8 Å². The Morgan fingerprint density at radius 3 is 2.65 bits per heavy atom. The predicted molar refractivity (Wildman–Crippen MR) is 117 cm³/mol. The van der Waals surface area contributed by atoms with E-state index in [1.807, 2.05) is 24.2 Å². The first-order valence-electron chi connectivity index (χ1n) is 10.4. The Hall–Kier alpha value is -3.62. The number of piperidine rings is 1. The van der Waals surface area contributed by atoms with Crippen LogP contribution in [0.15, 0.2) is 35.4 Å². The molecule has 0 unspecified atom stereocenters. The zero-order chi connectivity index (χ0) is 21.9. The van der Waals surface area contributed by atoms with Gasteiger partial charge in [0.05, 0.1) is 4.92 Å². The van der Waals surface area contributed by atoms with Crippen molar-refractivity contribution in [3.63, 3.8) is 0 Å². The third kappa shape index (κ3) is 2.99. The normalized spacial score (nSPS) is 16.3. The highest BCUT2D eigenvalue weighted by molar-refractivity contribution is 6.02. The van der Waals surface area contributed by atoms with Gasteiger partial charge in [-0.3, -0.25) is 19.7 Å². The molecule has 31 heavy (non-hydrogen) atoms. The lowest BCUT2D eigenvalue weighted by Gasteiger charge is -2.40. The monoisotopic (exact) mass is 421 g/mol. The lowest BCUT2D eigenvalue weighted by Crippen LogP contribution is -2.46. The van der Waals surface area contributed by atoms with Gasteiger partial charge in [0.1, 0.15) is 5.52 Å². The van der Waals surface area contributed by atoms with Crippen molar-refractivity contribution in [1.82, 2.24) is 14.5 Å². The van der Waals surface area contributed by atoms with Crippen molar-refractivity contribution in [3.8, 4) is 11.1 Å². The van der Waals surface area contributed by atoms with Gasteiger partial charge in [-0.05, 0) is 24.5 Å². The standard InChI is InChI=1S/C22H23N5O4/c1-13(28)25-7-5-15(6-8-25)26-11-14-10-23-22(29)21-20(14)18(12-24(21)2)17-9-16(27(30)31)3-4-19(17)26/h3-4,9-10,12,15H,5-8,11H2,1-2H3,(H,23,29). The van der Waals surface area contributed by atoms with E-state index < -0.39 is 0 Å². The van der Waals surface area contributed by atoms with Gasteiger partial charge in [0.15, 0.2) is 0 Å². The number of rotatable bonds is 2. The molecule has 0 bridgehead atoms. The van der Waals surface area contributed by atoms with Crippen LogP contribution in [0.4, 0.5) is 11.4 Å². The number of hydrogen-bond donors (Lipinski definition) is 1. The van der Waals surface area contributed by atoms with Gasteiger partial charge >= 0.3 is 0 Å². The molecule has 5 rings (SSSR count). The van der Waals surface area contributed by atoms with E-state index in [-0.39, 0.29) is 28.1 Å². The molecule has 160 valence electrons. The number of nitrogens with one attached hydrogen (secondary N) is 1. The summed E-state index contributed by atoms with van der Waals surface area (Å²) in [4.78, 5) is 42.4. The Morgan fingerprint density at radius 2 is 1.97 bits per heavy atom. The molecule has 9 heteroatoms. The van der Waals surface area contributed by atoms with Crippen LogP contribution >= 0.6 is 0 Å². The van der Waals surface area contributed by atoms with Crippen LogP contribution in [0.3, 0.4) is 0 Å². The fourth-order valence-electron chi connectivity index (χ4n) is 5.04. The average molecular weight is 421 g/mol. The lowest BCUT2D eigenvalue weighted by molar-refractivity contribution is -0.384. The van der Waals surface area contributed by atoms with Crippen molar-refractivity contribution >= 4 is 28.2 Å². The molecule has 0 aliphatic carbocycles. The van der Waals surface area contributed by atoms with Crippen molar-refractivity contribution in [2.75, 3.05) is 18.0 Å². The number of aromatic amines is 1. The molecule has 1 N–H and O–H groups in total. The molecule has 1 fully saturated rings. The summed E-state index contributed by atoms with van der Waals surface area (Å²) in [6.45, 7) is 3.55. The molecular weight excluding hydrogens is 398 g/mol. The largest absolute Gasteiger partial charge is 0.363 e. The van der Waals surface area contributed by atoms with E-state index >= 15 is 0 Å². The first-order valence-corrected chi connectivity index (χ1v) is 10.4. The number of carbonyl (C=O) groups is 1. The summed E-state index contributed by atoms with van der Waals surface area (Å²) in [7, 11) is 1.82. The number of likely N-dealkylation sites (tertiary alicyclic amines) is 1. The highest BCUT2D eigenvalue weighted by Gasteiger charge is 2.32. The summed E-state index contributed by atoms with van der Waals surface area (Å²) in [5.41, 5.74) is 3.91. The molecule has 2 aromatic heterocycles. The van der Waals surface area contributed by atoms with Gasteiger partial charge in [-0.25, -0.2) is 0 Å². The number of fused-ring (bicyclic) bond motifs is 2. The molecule has 3 aromatic rings. The summed E-state index contributed by atoms with van der Waals surface area (Å²) in [5.74, 6) is 0.0839. The number of carbonyl (C=O) groups excluding carboxylic acids is 1. The number of hydrogen-bond acceptors (Lipinski definition) is 5. The SMILES string of the molecule is CC(=O)N1CCC(N2Cc3c[nH]c(=O)c4c3c(cn4C)-c3cc([N+](=O)[O-])ccc32)CC1. The van der Waals surface area contributed by atoms with E-state index in [9.17, 15) is 19.7 Å². The Balaban J connectivity index is 1.69. The van der Waals surface area contributed by atoms with Crippen molar-refractivity contribution in [1.29, 1.82) is 0 Å². The summed E-state index contributed by atoms with van der Waals surface area (Å²) < 4.78 is 1.79. The summed E-state index contributed by atoms with van der Waals surface area (Å²) in [5, 5.41) is 12.3. The quantitative estimate of drug-likeness (QED) is 0.506. The fourth-order valence-corrected chi connectivity index (χ4v) is 5.04. The fraction of sp³-hybridized carbons (Fsp3) is 0.364. The van der Waals surface area contributed by atoms with E-state index in [0.717, 1.165) is 40.6 Å². The maximum atomic E-state index is 12.6. The number of nitro benzene ring substituents is 1. The number of amides is 1. The van der Waals surface area contributed by atoms with Crippen molar-refractivity contribution in [2.24, 2.45) is 7.05 Å². The smallest absolute Gasteiger partial charge is 0.272 e. The van der Waals surface area contributed by atoms with Crippen LogP contribution < -0.4 is 10.5 Å². The van der Waals surface area contributed by atoms with E-state index in [2.05, 4.69) is 9.88 Å². The van der Waals surface area contributed by atoms with Crippen LogP contribution in [0.1, 0.15) is 25.3 Å². The van der Waals surface area contributed by atoms with E-state index in [0.29, 0.717) is 25.2 Å². The molecule has 0 saturated carbocycles. The molecule has 0 atom stereocenters. The van der Waals surface area contributed by atoms with E-state index in [1.165, 1.54) is 6.07 Å². The number of aromatic nitrogens is 2. The molecule has 9 nitrogen and oxygen atoms in total. The molecule has 0 radical (unpaired) electrons. The van der Waals surface area contributed by atoms with Gasteiger partial charge in [-0.2, -0.15) is 0 Å². The maximum absolute atomic E-state index is 12.6. The van der Waals surface area contributed by atoms with Crippen LogP contribution in [0.2, 0.25) is 0 Å². The van der Waals surface area contributed by atoms with Gasteiger partial charge in [0.25, 0.3) is 11.2 Å². The Labute approximate surface area is 178 Å². The number of anilines is 1. The molecule has 1 saturated heterocycles. The number of nitrogens with zero attached hydrogens (tertiary/aromatic N) is 4.